The molecule has 1 aliphatic heterocycles. The predicted octanol–water partition coefficient (Wildman–Crippen LogP) is 0.711. The zero-order valence-corrected chi connectivity index (χ0v) is 12.2. The molecule has 1 aromatic rings. The maximum atomic E-state index is 12.0. The van der Waals surface area contributed by atoms with E-state index in [0.717, 1.165) is 43.1 Å². The molecule has 0 spiro atoms. The molecule has 112 valence electrons. The highest BCUT2D eigenvalue weighted by Crippen LogP contribution is 2.19. The number of carbonyl (C=O) groups is 1. The number of rotatable bonds is 5. The normalized spacial score (nSPS) is 17.5. The van der Waals surface area contributed by atoms with Gasteiger partial charge in [-0.1, -0.05) is 0 Å². The standard InChI is InChI=1S/C14H23N3O3/c1-11-9-13(18)17(20-11)14(19)10-16-7-4-12(5-8-16)3-6-15-2/h9,12,15H,3-8,10H2,1-2H3. The molecule has 0 saturated carbocycles. The third kappa shape index (κ3) is 3.80. The number of aromatic nitrogens is 1. The van der Waals surface area contributed by atoms with Crippen LogP contribution in [-0.2, 0) is 0 Å². The van der Waals surface area contributed by atoms with Crippen LogP contribution >= 0.6 is 0 Å². The van der Waals surface area contributed by atoms with Gasteiger partial charge in [0.05, 0.1) is 6.54 Å². The summed E-state index contributed by atoms with van der Waals surface area (Å²) in [5, 5.41) is 3.17. The molecule has 20 heavy (non-hydrogen) atoms. The Labute approximate surface area is 118 Å². The van der Waals surface area contributed by atoms with Gasteiger partial charge in [0.1, 0.15) is 5.76 Å². The molecule has 1 aliphatic rings. The zero-order chi connectivity index (χ0) is 14.5. The third-order valence-electron chi connectivity index (χ3n) is 3.86. The van der Waals surface area contributed by atoms with Crippen LogP contribution in [0.25, 0.3) is 0 Å². The first kappa shape index (κ1) is 15.0. The summed E-state index contributed by atoms with van der Waals surface area (Å²) in [6.07, 6.45) is 3.41. The molecule has 1 saturated heterocycles. The summed E-state index contributed by atoms with van der Waals surface area (Å²) in [5.41, 5.74) is -0.378. The Morgan fingerprint density at radius 1 is 1.45 bits per heavy atom. The van der Waals surface area contributed by atoms with Crippen LogP contribution in [0.5, 0.6) is 0 Å². The lowest BCUT2D eigenvalue weighted by molar-refractivity contribution is 0.0681. The highest BCUT2D eigenvalue weighted by atomic mass is 16.5. The van der Waals surface area contributed by atoms with E-state index in [2.05, 4.69) is 10.2 Å². The van der Waals surface area contributed by atoms with Crippen molar-refractivity contribution >= 4 is 5.91 Å². The number of nitrogens with one attached hydrogen (secondary N) is 1. The van der Waals surface area contributed by atoms with Gasteiger partial charge in [0.25, 0.3) is 11.5 Å². The number of aryl methyl sites for hydroxylation is 1. The first-order valence-corrected chi connectivity index (χ1v) is 7.20. The van der Waals surface area contributed by atoms with Crippen molar-refractivity contribution in [2.45, 2.75) is 26.2 Å². The summed E-state index contributed by atoms with van der Waals surface area (Å²) in [4.78, 5) is 25.6. The average Bonchev–Trinajstić information content (AvgIpc) is 2.77. The first-order valence-electron chi connectivity index (χ1n) is 7.20. The zero-order valence-electron chi connectivity index (χ0n) is 12.2. The van der Waals surface area contributed by atoms with Crippen molar-refractivity contribution in [2.24, 2.45) is 5.92 Å². The van der Waals surface area contributed by atoms with Gasteiger partial charge >= 0.3 is 0 Å². The Kier molecular flexibility index (Phi) is 5.14. The van der Waals surface area contributed by atoms with Crippen molar-refractivity contribution in [3.63, 3.8) is 0 Å². The molecule has 0 unspecified atom stereocenters. The molecule has 2 heterocycles. The van der Waals surface area contributed by atoms with Crippen LogP contribution in [0, 0.1) is 12.8 Å². The van der Waals surface area contributed by atoms with E-state index in [1.54, 1.807) is 6.92 Å². The maximum Gasteiger partial charge on any atom is 0.290 e. The molecular weight excluding hydrogens is 258 g/mol. The minimum atomic E-state index is -0.378. The summed E-state index contributed by atoms with van der Waals surface area (Å²) in [6, 6.07) is 1.34. The van der Waals surface area contributed by atoms with Gasteiger partial charge in [0.2, 0.25) is 0 Å². The molecule has 6 nitrogen and oxygen atoms in total. The van der Waals surface area contributed by atoms with E-state index in [1.165, 1.54) is 12.5 Å². The van der Waals surface area contributed by atoms with Gasteiger partial charge in [-0.3, -0.25) is 14.5 Å². The summed E-state index contributed by atoms with van der Waals surface area (Å²) in [5.74, 6) is 0.924. The minimum absolute atomic E-state index is 0.256. The van der Waals surface area contributed by atoms with Gasteiger partial charge in [0.15, 0.2) is 0 Å². The molecule has 1 aromatic heterocycles. The second-order valence-corrected chi connectivity index (χ2v) is 5.48. The molecule has 6 heteroatoms. The van der Waals surface area contributed by atoms with Gasteiger partial charge in [0, 0.05) is 6.07 Å². The monoisotopic (exact) mass is 281 g/mol. The van der Waals surface area contributed by atoms with Crippen molar-refractivity contribution in [1.29, 1.82) is 0 Å². The second kappa shape index (κ2) is 6.85. The average molecular weight is 281 g/mol. The van der Waals surface area contributed by atoms with E-state index in [9.17, 15) is 9.59 Å². The first-order chi connectivity index (χ1) is 9.60. The highest BCUT2D eigenvalue weighted by molar-refractivity contribution is 5.79. The van der Waals surface area contributed by atoms with Crippen molar-refractivity contribution in [3.8, 4) is 0 Å². The summed E-state index contributed by atoms with van der Waals surface area (Å²) >= 11 is 0. The molecular formula is C14H23N3O3. The molecule has 2 rings (SSSR count). The number of hydrogen-bond donors (Lipinski definition) is 1. The van der Waals surface area contributed by atoms with E-state index in [-0.39, 0.29) is 18.0 Å². The van der Waals surface area contributed by atoms with E-state index < -0.39 is 0 Å². The molecule has 0 amide bonds. The fraction of sp³-hybridized carbons (Fsp3) is 0.714. The van der Waals surface area contributed by atoms with Gasteiger partial charge in [-0.15, -0.1) is 4.74 Å². The van der Waals surface area contributed by atoms with E-state index in [1.807, 2.05) is 7.05 Å². The Balaban J connectivity index is 1.82. The van der Waals surface area contributed by atoms with Crippen molar-refractivity contribution in [1.82, 2.24) is 15.0 Å². The van der Waals surface area contributed by atoms with Gasteiger partial charge in [-0.05, 0) is 58.8 Å². The molecule has 0 aromatic carbocycles. The van der Waals surface area contributed by atoms with Crippen LogP contribution < -0.4 is 10.9 Å². The number of hydrogen-bond acceptors (Lipinski definition) is 5. The van der Waals surface area contributed by atoms with Crippen LogP contribution in [0.1, 0.15) is 29.8 Å². The van der Waals surface area contributed by atoms with E-state index >= 15 is 0 Å². The SMILES string of the molecule is CNCCC1CCN(CC(=O)n2oc(C)cc2=O)CC1. The lowest BCUT2D eigenvalue weighted by atomic mass is 9.93. The Hall–Kier alpha value is -1.40. The van der Waals surface area contributed by atoms with Crippen LogP contribution in [-0.4, -0.2) is 48.8 Å². The Morgan fingerprint density at radius 3 is 2.70 bits per heavy atom. The topological polar surface area (TPSA) is 67.5 Å². The van der Waals surface area contributed by atoms with Crippen molar-refractivity contribution in [3.05, 3.63) is 22.2 Å². The number of carbonyl (C=O) groups excluding carboxylic acids is 1. The summed E-state index contributed by atoms with van der Waals surface area (Å²) in [7, 11) is 1.97. The van der Waals surface area contributed by atoms with Gasteiger partial charge in [-0.25, -0.2) is 0 Å². The smallest absolute Gasteiger partial charge is 0.290 e. The lowest BCUT2D eigenvalue weighted by Gasteiger charge is -2.31. The second-order valence-electron chi connectivity index (χ2n) is 5.48. The fourth-order valence-electron chi connectivity index (χ4n) is 2.66. The third-order valence-corrected chi connectivity index (χ3v) is 3.86. The molecule has 0 atom stereocenters. The largest absolute Gasteiger partial charge is 0.373 e. The van der Waals surface area contributed by atoms with Crippen molar-refractivity contribution in [2.75, 3.05) is 33.2 Å². The Morgan fingerprint density at radius 2 is 2.15 bits per heavy atom. The Bertz CT molecular complexity index is 498. The predicted molar refractivity (Wildman–Crippen MR) is 76.0 cm³/mol. The molecule has 0 aliphatic carbocycles. The number of piperidine rings is 1. The molecule has 1 fully saturated rings. The minimum Gasteiger partial charge on any atom is -0.373 e. The van der Waals surface area contributed by atoms with Crippen LogP contribution in [0.15, 0.2) is 15.4 Å². The quantitative estimate of drug-likeness (QED) is 0.861. The fourth-order valence-corrected chi connectivity index (χ4v) is 2.66. The summed E-state index contributed by atoms with van der Waals surface area (Å²) in [6.45, 7) is 4.79. The van der Waals surface area contributed by atoms with Gasteiger partial charge < -0.3 is 9.84 Å². The highest BCUT2D eigenvalue weighted by Gasteiger charge is 2.22. The van der Waals surface area contributed by atoms with Crippen LogP contribution in [0.4, 0.5) is 0 Å². The molecule has 1 N–H and O–H groups in total. The molecule has 0 bridgehead atoms. The lowest BCUT2D eigenvalue weighted by Crippen LogP contribution is -2.40. The summed E-state index contributed by atoms with van der Waals surface area (Å²) < 4.78 is 5.98. The number of nitrogens with zero attached hydrogens (tertiary/aromatic N) is 2. The van der Waals surface area contributed by atoms with Crippen LogP contribution in [0.3, 0.4) is 0 Å². The molecule has 0 radical (unpaired) electrons. The number of likely N-dealkylation sites (tertiary alicyclic amines) is 1. The van der Waals surface area contributed by atoms with E-state index in [0.29, 0.717) is 5.76 Å². The van der Waals surface area contributed by atoms with Crippen LogP contribution in [0.2, 0.25) is 0 Å². The maximum absolute atomic E-state index is 12.0. The van der Waals surface area contributed by atoms with Gasteiger partial charge in [-0.2, -0.15) is 0 Å². The van der Waals surface area contributed by atoms with E-state index in [4.69, 9.17) is 4.52 Å². The van der Waals surface area contributed by atoms with Crippen molar-refractivity contribution < 1.29 is 9.32 Å².